The summed E-state index contributed by atoms with van der Waals surface area (Å²) in [6.07, 6.45) is 0. The summed E-state index contributed by atoms with van der Waals surface area (Å²) in [7, 11) is 0. The van der Waals surface area contributed by atoms with Gasteiger partial charge in [0.1, 0.15) is 11.6 Å². The quantitative estimate of drug-likeness (QED) is 0.382. The number of non-ortho nitro benzene ring substituents is 1. The lowest BCUT2D eigenvalue weighted by atomic mass is 10.2. The molecule has 2 aromatic carbocycles. The fraction of sp³-hybridized carbons (Fsp3) is 0. The van der Waals surface area contributed by atoms with Gasteiger partial charge in [0.15, 0.2) is 0 Å². The summed E-state index contributed by atoms with van der Waals surface area (Å²) in [5, 5.41) is 13.2. The maximum absolute atomic E-state index is 13.6. The minimum absolute atomic E-state index is 0.00257. The average Bonchev–Trinajstić information content (AvgIpc) is 2.37. The molecule has 0 bridgehead atoms. The molecule has 0 amide bonds. The number of halogens is 3. The summed E-state index contributed by atoms with van der Waals surface area (Å²) in [5.41, 5.74) is 5.63. The zero-order chi connectivity index (χ0) is 14.9. The lowest BCUT2D eigenvalue weighted by molar-refractivity contribution is -0.384. The van der Waals surface area contributed by atoms with Crippen molar-refractivity contribution in [1.29, 1.82) is 0 Å². The van der Waals surface area contributed by atoms with Crippen LogP contribution in [0.25, 0.3) is 0 Å². The smallest absolute Gasteiger partial charge is 0.271 e. The summed E-state index contributed by atoms with van der Waals surface area (Å²) in [6, 6.07) is 5.60. The SMILES string of the molecule is Nc1cc([N+](=O)[O-])ccc1Nc1cc(F)c(Br)cc1F. The molecule has 2 aromatic rings. The Labute approximate surface area is 120 Å². The second-order valence-corrected chi connectivity index (χ2v) is 4.75. The van der Waals surface area contributed by atoms with Crippen molar-refractivity contribution in [2.45, 2.75) is 0 Å². The number of anilines is 3. The fourth-order valence-corrected chi connectivity index (χ4v) is 1.86. The minimum Gasteiger partial charge on any atom is -0.397 e. The number of nitrogens with two attached hydrogens (primary N) is 1. The van der Waals surface area contributed by atoms with E-state index in [4.69, 9.17) is 5.73 Å². The summed E-state index contributed by atoms with van der Waals surface area (Å²) >= 11 is 2.86. The van der Waals surface area contributed by atoms with Gasteiger partial charge in [0.05, 0.1) is 26.5 Å². The first-order valence-corrected chi connectivity index (χ1v) is 6.13. The van der Waals surface area contributed by atoms with Gasteiger partial charge < -0.3 is 11.1 Å². The number of nitrogen functional groups attached to an aromatic ring is 1. The van der Waals surface area contributed by atoms with Gasteiger partial charge >= 0.3 is 0 Å². The van der Waals surface area contributed by atoms with Gasteiger partial charge in [-0.15, -0.1) is 0 Å². The number of nitro groups is 1. The van der Waals surface area contributed by atoms with E-state index in [9.17, 15) is 18.9 Å². The zero-order valence-corrected chi connectivity index (χ0v) is 11.4. The summed E-state index contributed by atoms with van der Waals surface area (Å²) in [4.78, 5) is 9.98. The molecule has 0 aliphatic carbocycles. The normalized spacial score (nSPS) is 10.3. The highest BCUT2D eigenvalue weighted by atomic mass is 79.9. The minimum atomic E-state index is -0.684. The first kappa shape index (κ1) is 14.2. The highest BCUT2D eigenvalue weighted by Gasteiger charge is 2.12. The molecule has 0 aliphatic rings. The van der Waals surface area contributed by atoms with Gasteiger partial charge in [-0.3, -0.25) is 10.1 Å². The molecule has 0 aliphatic heterocycles. The predicted octanol–water partition coefficient (Wildman–Crippen LogP) is 3.96. The second kappa shape index (κ2) is 5.41. The second-order valence-electron chi connectivity index (χ2n) is 3.90. The van der Waals surface area contributed by atoms with Gasteiger partial charge in [-0.1, -0.05) is 0 Å². The van der Waals surface area contributed by atoms with Gasteiger partial charge in [-0.2, -0.15) is 0 Å². The molecule has 0 radical (unpaired) electrons. The van der Waals surface area contributed by atoms with Crippen LogP contribution >= 0.6 is 15.9 Å². The number of nitrogens with one attached hydrogen (secondary N) is 1. The number of rotatable bonds is 3. The zero-order valence-electron chi connectivity index (χ0n) is 9.86. The summed E-state index contributed by atoms with van der Waals surface area (Å²) < 4.78 is 27.0. The van der Waals surface area contributed by atoms with E-state index in [1.54, 1.807) is 0 Å². The molecule has 5 nitrogen and oxygen atoms in total. The van der Waals surface area contributed by atoms with Crippen molar-refractivity contribution in [3.8, 4) is 0 Å². The van der Waals surface area contributed by atoms with E-state index in [1.807, 2.05) is 0 Å². The number of hydrogen-bond acceptors (Lipinski definition) is 4. The number of nitro benzene ring substituents is 1. The van der Waals surface area contributed by atoms with Crippen molar-refractivity contribution in [3.63, 3.8) is 0 Å². The van der Waals surface area contributed by atoms with Gasteiger partial charge in [0, 0.05) is 18.2 Å². The van der Waals surface area contributed by atoms with Crippen molar-refractivity contribution >= 4 is 38.7 Å². The Morgan fingerprint density at radius 2 is 1.85 bits per heavy atom. The van der Waals surface area contributed by atoms with Crippen molar-refractivity contribution in [2.24, 2.45) is 0 Å². The fourth-order valence-electron chi connectivity index (χ4n) is 1.54. The van der Waals surface area contributed by atoms with Crippen molar-refractivity contribution < 1.29 is 13.7 Å². The third-order valence-electron chi connectivity index (χ3n) is 2.53. The topological polar surface area (TPSA) is 81.2 Å². The van der Waals surface area contributed by atoms with Crippen LogP contribution in [0.3, 0.4) is 0 Å². The van der Waals surface area contributed by atoms with E-state index in [0.29, 0.717) is 0 Å². The molecule has 0 aromatic heterocycles. The van der Waals surface area contributed by atoms with Crippen LogP contribution in [0.15, 0.2) is 34.8 Å². The molecular weight excluding hydrogens is 336 g/mol. The van der Waals surface area contributed by atoms with Crippen LogP contribution in [0.2, 0.25) is 0 Å². The predicted molar refractivity (Wildman–Crippen MR) is 74.8 cm³/mol. The molecule has 0 fully saturated rings. The largest absolute Gasteiger partial charge is 0.397 e. The molecule has 2 rings (SSSR count). The molecule has 0 saturated carbocycles. The third kappa shape index (κ3) is 2.85. The molecule has 0 spiro atoms. The van der Waals surface area contributed by atoms with Gasteiger partial charge in [0.2, 0.25) is 0 Å². The molecule has 0 heterocycles. The number of hydrogen-bond donors (Lipinski definition) is 2. The highest BCUT2D eigenvalue weighted by molar-refractivity contribution is 9.10. The van der Waals surface area contributed by atoms with E-state index in [0.717, 1.165) is 18.2 Å². The van der Waals surface area contributed by atoms with Crippen LogP contribution in [0.4, 0.5) is 31.5 Å². The van der Waals surface area contributed by atoms with Crippen LogP contribution in [-0.2, 0) is 0 Å². The number of nitrogens with zero attached hydrogens (tertiary/aromatic N) is 1. The molecule has 0 saturated heterocycles. The molecule has 104 valence electrons. The van der Waals surface area contributed by atoms with Crippen LogP contribution in [0.5, 0.6) is 0 Å². The van der Waals surface area contributed by atoms with Crippen LogP contribution in [-0.4, -0.2) is 4.92 Å². The van der Waals surface area contributed by atoms with Crippen molar-refractivity contribution in [3.05, 3.63) is 56.6 Å². The van der Waals surface area contributed by atoms with E-state index in [2.05, 4.69) is 21.2 Å². The van der Waals surface area contributed by atoms with Crippen molar-refractivity contribution in [1.82, 2.24) is 0 Å². The Morgan fingerprint density at radius 3 is 2.45 bits per heavy atom. The van der Waals surface area contributed by atoms with Crippen molar-refractivity contribution in [2.75, 3.05) is 11.1 Å². The average molecular weight is 344 g/mol. The summed E-state index contributed by atoms with van der Waals surface area (Å²) in [6.45, 7) is 0. The highest BCUT2D eigenvalue weighted by Crippen LogP contribution is 2.30. The molecule has 8 heteroatoms. The first-order chi connectivity index (χ1) is 9.38. The van der Waals surface area contributed by atoms with E-state index < -0.39 is 16.6 Å². The maximum Gasteiger partial charge on any atom is 0.271 e. The monoisotopic (exact) mass is 343 g/mol. The Hall–Kier alpha value is -2.22. The molecule has 20 heavy (non-hydrogen) atoms. The van der Waals surface area contributed by atoms with E-state index in [1.165, 1.54) is 12.1 Å². The van der Waals surface area contributed by atoms with Crippen LogP contribution in [0.1, 0.15) is 0 Å². The lowest BCUT2D eigenvalue weighted by Crippen LogP contribution is -2.00. The van der Waals surface area contributed by atoms with Gasteiger partial charge in [-0.05, 0) is 28.1 Å². The standard InChI is InChI=1S/C12H8BrF2N3O2/c13-7-4-9(15)12(5-8(7)14)17-11-2-1-6(18(19)20)3-10(11)16/h1-5,17H,16H2. The molecule has 3 N–H and O–H groups in total. The Balaban J connectivity index is 2.35. The van der Waals surface area contributed by atoms with Crippen LogP contribution < -0.4 is 11.1 Å². The Kier molecular flexibility index (Phi) is 3.84. The molecule has 0 unspecified atom stereocenters. The lowest BCUT2D eigenvalue weighted by Gasteiger charge is -2.10. The Morgan fingerprint density at radius 1 is 1.15 bits per heavy atom. The first-order valence-electron chi connectivity index (χ1n) is 5.34. The Bertz CT molecular complexity index is 695. The molecule has 0 atom stereocenters. The van der Waals surface area contributed by atoms with Crippen LogP contribution in [0, 0.1) is 21.7 Å². The third-order valence-corrected chi connectivity index (χ3v) is 3.13. The number of benzene rings is 2. The molecular formula is C12H8BrF2N3O2. The van der Waals surface area contributed by atoms with E-state index >= 15 is 0 Å². The summed E-state index contributed by atoms with van der Waals surface area (Å²) in [5.74, 6) is -1.33. The van der Waals surface area contributed by atoms with E-state index in [-0.39, 0.29) is 27.2 Å². The maximum atomic E-state index is 13.6. The van der Waals surface area contributed by atoms with Gasteiger partial charge in [-0.25, -0.2) is 8.78 Å². The van der Waals surface area contributed by atoms with Gasteiger partial charge in [0.25, 0.3) is 5.69 Å².